The normalized spacial score (nSPS) is 15.3. The maximum Gasteiger partial charge on any atom is 0.244 e. The fourth-order valence-corrected chi connectivity index (χ4v) is 7.49. The standard InChI is InChI=1S/C43H51FN8O4/c1-5-55-39-23-30(24-40(41(39)44)56-6-2)29-50-21-17-36(18-22-50)52(43-48-27-34(28-49-43)32-9-13-38(54-4)14-10-32)51(35-15-19-45-20-16-35)42-46-25-33(26-47-42)31-7-11-37(53-3)12-8-31/h7-14,23-28,35-36,45H,5-6,15-22,29H2,1-4H3. The number of rotatable bonds is 15. The average molecular weight is 763 g/mol. The maximum absolute atomic E-state index is 15.1. The molecule has 2 aliphatic heterocycles. The first-order valence-corrected chi connectivity index (χ1v) is 19.5. The van der Waals surface area contributed by atoms with Gasteiger partial charge in [-0.15, -0.1) is 0 Å². The Bertz CT molecular complexity index is 1960. The lowest BCUT2D eigenvalue weighted by Crippen LogP contribution is -2.59. The first kappa shape index (κ1) is 38.7. The van der Waals surface area contributed by atoms with Gasteiger partial charge in [-0.2, -0.15) is 4.39 Å². The van der Waals surface area contributed by atoms with Crippen molar-refractivity contribution in [3.05, 3.63) is 96.8 Å². The summed E-state index contributed by atoms with van der Waals surface area (Å²) in [6, 6.07) is 19.6. The van der Waals surface area contributed by atoms with Crippen molar-refractivity contribution in [2.75, 3.05) is 63.6 Å². The van der Waals surface area contributed by atoms with Gasteiger partial charge in [-0.1, -0.05) is 24.3 Å². The maximum atomic E-state index is 15.1. The Hall–Kier alpha value is -5.53. The van der Waals surface area contributed by atoms with Crippen LogP contribution in [0.3, 0.4) is 0 Å². The van der Waals surface area contributed by atoms with E-state index in [0.29, 0.717) is 31.7 Å². The van der Waals surface area contributed by atoms with E-state index < -0.39 is 5.82 Å². The molecule has 13 heteroatoms. The zero-order valence-electron chi connectivity index (χ0n) is 32.7. The van der Waals surface area contributed by atoms with E-state index in [2.05, 4.69) is 20.2 Å². The van der Waals surface area contributed by atoms with Crippen LogP contribution in [0.4, 0.5) is 16.3 Å². The lowest BCUT2D eigenvalue weighted by atomic mass is 10.0. The highest BCUT2D eigenvalue weighted by molar-refractivity contribution is 5.65. The van der Waals surface area contributed by atoms with Gasteiger partial charge in [0.05, 0.1) is 39.5 Å². The Morgan fingerprint density at radius 3 is 1.48 bits per heavy atom. The van der Waals surface area contributed by atoms with Crippen molar-refractivity contribution in [2.24, 2.45) is 0 Å². The number of nitrogens with zero attached hydrogens (tertiary/aromatic N) is 7. The van der Waals surface area contributed by atoms with E-state index in [1.54, 1.807) is 26.4 Å². The van der Waals surface area contributed by atoms with Crippen LogP contribution in [0.15, 0.2) is 85.5 Å². The topological polar surface area (TPSA) is 110 Å². The van der Waals surface area contributed by atoms with Gasteiger partial charge >= 0.3 is 0 Å². The third-order valence-electron chi connectivity index (χ3n) is 10.4. The highest BCUT2D eigenvalue weighted by Gasteiger charge is 2.37. The quantitative estimate of drug-likeness (QED) is 0.109. The molecule has 2 aromatic heterocycles. The van der Waals surface area contributed by atoms with Crippen LogP contribution in [0.25, 0.3) is 22.3 Å². The summed E-state index contributed by atoms with van der Waals surface area (Å²) in [7, 11) is 3.33. The molecule has 12 nitrogen and oxygen atoms in total. The van der Waals surface area contributed by atoms with Crippen molar-refractivity contribution >= 4 is 11.9 Å². The van der Waals surface area contributed by atoms with Crippen molar-refractivity contribution in [1.82, 2.24) is 30.2 Å². The largest absolute Gasteiger partial charge is 0.497 e. The van der Waals surface area contributed by atoms with E-state index in [9.17, 15) is 0 Å². The lowest BCUT2D eigenvalue weighted by Gasteiger charge is -2.47. The number of nitrogens with one attached hydrogen (secondary N) is 1. The van der Waals surface area contributed by atoms with Gasteiger partial charge in [-0.3, -0.25) is 4.90 Å². The zero-order chi connectivity index (χ0) is 38.9. The number of hydrazine groups is 1. The van der Waals surface area contributed by atoms with Gasteiger partial charge in [0.25, 0.3) is 0 Å². The van der Waals surface area contributed by atoms with E-state index in [4.69, 9.17) is 38.9 Å². The van der Waals surface area contributed by atoms with Crippen molar-refractivity contribution in [3.8, 4) is 45.3 Å². The molecule has 0 aliphatic carbocycles. The molecule has 0 saturated carbocycles. The third-order valence-corrected chi connectivity index (χ3v) is 10.4. The fourth-order valence-electron chi connectivity index (χ4n) is 7.49. The van der Waals surface area contributed by atoms with Gasteiger partial charge < -0.3 is 24.3 Å². The second-order valence-corrected chi connectivity index (χ2v) is 14.0. The highest BCUT2D eigenvalue weighted by Crippen LogP contribution is 2.34. The molecule has 5 aromatic rings. The van der Waals surface area contributed by atoms with Crippen molar-refractivity contribution < 1.29 is 23.3 Å². The molecular formula is C43H51FN8O4. The predicted octanol–water partition coefficient (Wildman–Crippen LogP) is 7.20. The molecule has 0 unspecified atom stereocenters. The lowest BCUT2D eigenvalue weighted by molar-refractivity contribution is 0.196. The van der Waals surface area contributed by atoms with Crippen LogP contribution in [0.2, 0.25) is 0 Å². The first-order valence-electron chi connectivity index (χ1n) is 19.5. The number of anilines is 2. The molecule has 2 aliphatic rings. The Balaban J connectivity index is 1.20. The van der Waals surface area contributed by atoms with Crippen LogP contribution in [0.1, 0.15) is 45.1 Å². The van der Waals surface area contributed by atoms with Crippen LogP contribution in [-0.4, -0.2) is 90.5 Å². The summed E-state index contributed by atoms with van der Waals surface area (Å²) in [5, 5.41) is 8.03. The van der Waals surface area contributed by atoms with E-state index >= 15 is 4.39 Å². The van der Waals surface area contributed by atoms with Gasteiger partial charge in [-0.25, -0.2) is 30.0 Å². The van der Waals surface area contributed by atoms with Gasteiger partial charge in [0.2, 0.25) is 17.7 Å². The van der Waals surface area contributed by atoms with Crippen molar-refractivity contribution in [3.63, 3.8) is 0 Å². The molecule has 2 saturated heterocycles. The summed E-state index contributed by atoms with van der Waals surface area (Å²) in [6.45, 7) is 8.50. The molecule has 1 N–H and O–H groups in total. The fraction of sp³-hybridized carbons (Fsp3) is 0.395. The van der Waals surface area contributed by atoms with E-state index in [1.165, 1.54) is 0 Å². The van der Waals surface area contributed by atoms with Crippen molar-refractivity contribution in [2.45, 2.75) is 58.2 Å². The summed E-state index contributed by atoms with van der Waals surface area (Å²) < 4.78 is 37.1. The minimum atomic E-state index is -0.456. The predicted molar refractivity (Wildman–Crippen MR) is 216 cm³/mol. The van der Waals surface area contributed by atoms with Crippen molar-refractivity contribution in [1.29, 1.82) is 0 Å². The SMILES string of the molecule is CCOc1cc(CN2CCC(N(c3ncc(-c4ccc(OC)cc4)cn3)N(c3ncc(-c4ccc(OC)cc4)cn3)C3CCNCC3)CC2)cc(OCC)c1F. The Morgan fingerprint density at radius 1 is 0.643 bits per heavy atom. The van der Waals surface area contributed by atoms with Crippen LogP contribution in [0, 0.1) is 5.82 Å². The molecule has 2 fully saturated rings. The van der Waals surface area contributed by atoms with Crippen LogP contribution >= 0.6 is 0 Å². The molecule has 0 radical (unpaired) electrons. The molecule has 0 spiro atoms. The summed E-state index contributed by atoms with van der Waals surface area (Å²) in [6.07, 6.45) is 11.1. The summed E-state index contributed by atoms with van der Waals surface area (Å²) in [4.78, 5) is 22.5. The number of hydrogen-bond acceptors (Lipinski definition) is 12. The highest BCUT2D eigenvalue weighted by atomic mass is 19.1. The van der Waals surface area contributed by atoms with E-state index in [0.717, 1.165) is 91.2 Å². The van der Waals surface area contributed by atoms with Gasteiger partial charge in [0.1, 0.15) is 11.5 Å². The minimum absolute atomic E-state index is 0.0593. The smallest absolute Gasteiger partial charge is 0.244 e. The Kier molecular flexibility index (Phi) is 12.7. The molecule has 3 aromatic carbocycles. The molecule has 0 atom stereocenters. The second-order valence-electron chi connectivity index (χ2n) is 14.0. The van der Waals surface area contributed by atoms with Crippen LogP contribution in [0.5, 0.6) is 23.0 Å². The van der Waals surface area contributed by atoms with Crippen LogP contribution in [-0.2, 0) is 6.54 Å². The molecule has 4 heterocycles. The molecule has 0 amide bonds. The van der Waals surface area contributed by atoms with E-state index in [-0.39, 0.29) is 23.6 Å². The third kappa shape index (κ3) is 8.95. The van der Waals surface area contributed by atoms with Crippen LogP contribution < -0.4 is 34.3 Å². The molecule has 7 rings (SSSR count). The minimum Gasteiger partial charge on any atom is -0.497 e. The first-order chi connectivity index (χ1) is 27.5. The molecule has 0 bridgehead atoms. The number of likely N-dealkylation sites (tertiary alicyclic amines) is 1. The summed E-state index contributed by atoms with van der Waals surface area (Å²) >= 11 is 0. The number of hydrogen-bond donors (Lipinski definition) is 1. The summed E-state index contributed by atoms with van der Waals surface area (Å²) in [5.74, 6) is 2.79. The number of benzene rings is 3. The Morgan fingerprint density at radius 2 is 1.07 bits per heavy atom. The molecule has 56 heavy (non-hydrogen) atoms. The van der Waals surface area contributed by atoms with Gasteiger partial charge in [0.15, 0.2) is 11.5 Å². The molecule has 294 valence electrons. The molecular weight excluding hydrogens is 712 g/mol. The second kappa shape index (κ2) is 18.4. The number of aromatic nitrogens is 4. The zero-order valence-corrected chi connectivity index (χ0v) is 32.7. The monoisotopic (exact) mass is 762 g/mol. The number of ether oxygens (including phenoxy) is 4. The van der Waals surface area contributed by atoms with Gasteiger partial charge in [0, 0.05) is 55.5 Å². The average Bonchev–Trinajstić information content (AvgIpc) is 3.25. The Labute approximate surface area is 328 Å². The number of piperidine rings is 2. The summed E-state index contributed by atoms with van der Waals surface area (Å²) in [5.41, 5.74) is 4.80. The van der Waals surface area contributed by atoms with Gasteiger partial charge in [-0.05, 0) is 106 Å². The number of halogens is 1. The van der Waals surface area contributed by atoms with E-state index in [1.807, 2.05) is 87.2 Å². The number of methoxy groups -OCH3 is 2.